The molecule has 0 spiro atoms. The highest BCUT2D eigenvalue weighted by Gasteiger charge is 2.43. The van der Waals surface area contributed by atoms with Gasteiger partial charge in [-0.05, 0) is 69.1 Å². The molecule has 9 nitrogen and oxygen atoms in total. The Morgan fingerprint density at radius 2 is 1.59 bits per heavy atom. The molecular formula is C26H46N2O7SSi. The minimum absolute atomic E-state index is 0.00459. The van der Waals surface area contributed by atoms with Gasteiger partial charge < -0.3 is 24.0 Å². The first-order valence-electron chi connectivity index (χ1n) is 12.5. The van der Waals surface area contributed by atoms with Crippen LogP contribution in [0.3, 0.4) is 0 Å². The normalized spacial score (nSPS) is 14.8. The molecule has 0 aliphatic heterocycles. The fourth-order valence-corrected chi connectivity index (χ4v) is 6.16. The zero-order chi connectivity index (χ0) is 28.8. The van der Waals surface area contributed by atoms with E-state index in [9.17, 15) is 18.0 Å². The fraction of sp³-hybridized carbons (Fsp3) is 0.692. The van der Waals surface area contributed by atoms with Crippen LogP contribution in [0.4, 0.5) is 4.79 Å². The first-order chi connectivity index (χ1) is 16.7. The molecule has 0 heterocycles. The zero-order valence-electron chi connectivity index (χ0n) is 24.2. The van der Waals surface area contributed by atoms with Crippen LogP contribution < -0.4 is 10.1 Å². The minimum atomic E-state index is -3.95. The van der Waals surface area contributed by atoms with Crippen molar-refractivity contribution in [2.24, 2.45) is 5.92 Å². The van der Waals surface area contributed by atoms with Crippen LogP contribution in [0, 0.1) is 5.92 Å². The number of carbonyl (C=O) groups is 2. The topological polar surface area (TPSA) is 111 Å². The number of amides is 1. The first-order valence-corrected chi connectivity index (χ1v) is 16.8. The summed E-state index contributed by atoms with van der Waals surface area (Å²) in [5.41, 5.74) is -0.769. The van der Waals surface area contributed by atoms with E-state index >= 15 is 0 Å². The van der Waals surface area contributed by atoms with E-state index in [1.807, 2.05) is 47.7 Å². The van der Waals surface area contributed by atoms with Crippen LogP contribution in [0.2, 0.25) is 18.1 Å². The molecule has 0 unspecified atom stereocenters. The van der Waals surface area contributed by atoms with E-state index in [1.54, 1.807) is 32.9 Å². The molecule has 212 valence electrons. The summed E-state index contributed by atoms with van der Waals surface area (Å²) in [5, 5.41) is 2.37. The van der Waals surface area contributed by atoms with E-state index in [0.29, 0.717) is 12.0 Å². The summed E-state index contributed by atoms with van der Waals surface area (Å²) in [7, 11) is -4.94. The van der Waals surface area contributed by atoms with E-state index in [-0.39, 0.29) is 28.9 Å². The van der Waals surface area contributed by atoms with Gasteiger partial charge in [-0.2, -0.15) is 4.31 Å². The number of sulfonamides is 1. The lowest BCUT2D eigenvalue weighted by Crippen LogP contribution is -2.57. The third kappa shape index (κ3) is 10.0. The molecule has 1 amide bonds. The van der Waals surface area contributed by atoms with Crippen molar-refractivity contribution in [3.05, 3.63) is 24.3 Å². The quantitative estimate of drug-likeness (QED) is 0.289. The van der Waals surface area contributed by atoms with E-state index < -0.39 is 42.2 Å². The molecular weight excluding hydrogens is 512 g/mol. The number of carbonyl (C=O) groups excluding carboxylic acids is 2. The first kappa shape index (κ1) is 33.1. The van der Waals surface area contributed by atoms with Gasteiger partial charge in [0, 0.05) is 13.1 Å². The number of benzene rings is 1. The van der Waals surface area contributed by atoms with E-state index in [0.717, 1.165) is 0 Å². The lowest BCUT2D eigenvalue weighted by Gasteiger charge is -2.42. The summed E-state index contributed by atoms with van der Waals surface area (Å²) in [5.74, 6) is 0.533. The molecule has 11 heteroatoms. The highest BCUT2D eigenvalue weighted by atomic mass is 32.2. The Hall–Kier alpha value is -1.95. The van der Waals surface area contributed by atoms with Gasteiger partial charge in [-0.3, -0.25) is 0 Å². The minimum Gasteiger partial charge on any atom is -0.497 e. The van der Waals surface area contributed by atoms with Crippen LogP contribution >= 0.6 is 0 Å². The van der Waals surface area contributed by atoms with Crippen LogP contribution in [0.5, 0.6) is 5.75 Å². The number of nitrogens with one attached hydrogen (secondary N) is 1. The Balaban J connectivity index is 3.49. The zero-order valence-corrected chi connectivity index (χ0v) is 26.1. The standard InChI is InChI=1S/C26H46N2O7SSi/c1-19(2)16-28(36(31,32)21-14-12-20(33-9)13-15-21)17-23(35-37(10,11)26(6,7)8)22(18-29)27-24(30)34-25(3,4)5/h12-15,18-19,22-23H,16-17H2,1-11H3,(H,27,30)/t22-,23-/m1/s1. The van der Waals surface area contributed by atoms with Gasteiger partial charge in [0.1, 0.15) is 23.7 Å². The predicted molar refractivity (Wildman–Crippen MR) is 148 cm³/mol. The molecule has 1 aromatic rings. The number of rotatable bonds is 12. The second-order valence-corrected chi connectivity index (χ2v) is 18.8. The predicted octanol–water partition coefficient (Wildman–Crippen LogP) is 4.82. The maximum Gasteiger partial charge on any atom is 0.408 e. The van der Waals surface area contributed by atoms with Gasteiger partial charge in [0.2, 0.25) is 10.0 Å². The van der Waals surface area contributed by atoms with Gasteiger partial charge in [0.15, 0.2) is 8.32 Å². The number of hydrogen-bond acceptors (Lipinski definition) is 7. The third-order valence-electron chi connectivity index (χ3n) is 6.13. The molecule has 0 saturated heterocycles. The molecule has 0 bridgehead atoms. The number of alkyl carbamates (subject to hydrolysis) is 1. The van der Waals surface area contributed by atoms with E-state index in [4.69, 9.17) is 13.9 Å². The second kappa shape index (κ2) is 12.7. The molecule has 0 aliphatic carbocycles. The Kier molecular flexibility index (Phi) is 11.4. The van der Waals surface area contributed by atoms with Crippen LogP contribution in [-0.4, -0.2) is 71.4 Å². The number of ether oxygens (including phenoxy) is 2. The molecule has 0 saturated carbocycles. The van der Waals surface area contributed by atoms with Crippen molar-refractivity contribution in [2.45, 2.75) is 96.2 Å². The van der Waals surface area contributed by atoms with Crippen molar-refractivity contribution < 1.29 is 31.9 Å². The van der Waals surface area contributed by atoms with Gasteiger partial charge in [-0.25, -0.2) is 13.2 Å². The molecule has 0 radical (unpaired) electrons. The summed E-state index contributed by atoms with van der Waals surface area (Å²) in [4.78, 5) is 24.9. The third-order valence-corrected chi connectivity index (χ3v) is 12.5. The highest BCUT2D eigenvalue weighted by molar-refractivity contribution is 7.89. The van der Waals surface area contributed by atoms with E-state index in [2.05, 4.69) is 5.32 Å². The lowest BCUT2D eigenvalue weighted by atomic mass is 10.1. The average molecular weight is 559 g/mol. The fourth-order valence-electron chi connectivity index (χ4n) is 3.21. The summed E-state index contributed by atoms with van der Waals surface area (Å²) < 4.78 is 45.9. The average Bonchev–Trinajstić information content (AvgIpc) is 2.74. The summed E-state index contributed by atoms with van der Waals surface area (Å²) >= 11 is 0. The van der Waals surface area contributed by atoms with Crippen molar-refractivity contribution in [1.29, 1.82) is 0 Å². The lowest BCUT2D eigenvalue weighted by molar-refractivity contribution is -0.112. The Bertz CT molecular complexity index is 997. The molecule has 1 N–H and O–H groups in total. The Labute approximate surface area is 224 Å². The maximum absolute atomic E-state index is 13.7. The summed E-state index contributed by atoms with van der Waals surface area (Å²) in [6.45, 7) is 19.2. The molecule has 37 heavy (non-hydrogen) atoms. The van der Waals surface area contributed by atoms with Crippen molar-refractivity contribution in [1.82, 2.24) is 9.62 Å². The Morgan fingerprint density at radius 3 is 2.00 bits per heavy atom. The Morgan fingerprint density at radius 1 is 1.05 bits per heavy atom. The van der Waals surface area contributed by atoms with Crippen LogP contribution in [0.1, 0.15) is 55.4 Å². The van der Waals surface area contributed by atoms with Crippen LogP contribution in [0.25, 0.3) is 0 Å². The number of aldehydes is 1. The van der Waals surface area contributed by atoms with Crippen molar-refractivity contribution >= 4 is 30.7 Å². The molecule has 0 fully saturated rings. The summed E-state index contributed by atoms with van der Waals surface area (Å²) in [6.07, 6.45) is -1.13. The number of nitrogens with zero attached hydrogens (tertiary/aromatic N) is 1. The largest absolute Gasteiger partial charge is 0.497 e. The molecule has 1 aromatic carbocycles. The maximum atomic E-state index is 13.7. The van der Waals surface area contributed by atoms with Crippen LogP contribution in [0.15, 0.2) is 29.2 Å². The monoisotopic (exact) mass is 558 g/mol. The SMILES string of the molecule is COc1ccc(S(=O)(=O)N(CC(C)C)C[C@@H](O[Si](C)(C)C(C)(C)C)[C@@H](C=O)NC(=O)OC(C)(C)C)cc1. The molecule has 0 aromatic heterocycles. The molecule has 2 atom stereocenters. The molecule has 0 aliphatic rings. The molecule has 1 rings (SSSR count). The van der Waals surface area contributed by atoms with Gasteiger partial charge in [-0.1, -0.05) is 34.6 Å². The van der Waals surface area contributed by atoms with Gasteiger partial charge in [-0.15, -0.1) is 0 Å². The summed E-state index contributed by atoms with van der Waals surface area (Å²) in [6, 6.07) is 5.03. The number of hydrogen-bond donors (Lipinski definition) is 1. The number of methoxy groups -OCH3 is 1. The van der Waals surface area contributed by atoms with Crippen molar-refractivity contribution in [3.8, 4) is 5.75 Å². The van der Waals surface area contributed by atoms with E-state index in [1.165, 1.54) is 23.5 Å². The van der Waals surface area contributed by atoms with Crippen LogP contribution in [-0.2, 0) is 24.0 Å². The van der Waals surface area contributed by atoms with Gasteiger partial charge in [0.25, 0.3) is 0 Å². The highest BCUT2D eigenvalue weighted by Crippen LogP contribution is 2.38. The second-order valence-electron chi connectivity index (χ2n) is 12.1. The van der Waals surface area contributed by atoms with Gasteiger partial charge >= 0.3 is 6.09 Å². The van der Waals surface area contributed by atoms with Gasteiger partial charge in [0.05, 0.1) is 18.1 Å². The van der Waals surface area contributed by atoms with Crippen molar-refractivity contribution in [3.63, 3.8) is 0 Å². The van der Waals surface area contributed by atoms with Crippen molar-refractivity contribution in [2.75, 3.05) is 20.2 Å². The smallest absolute Gasteiger partial charge is 0.408 e.